The van der Waals surface area contributed by atoms with Crippen molar-refractivity contribution in [2.75, 3.05) is 6.61 Å². The molecule has 2 aromatic carbocycles. The minimum absolute atomic E-state index is 0.253. The van der Waals surface area contributed by atoms with Crippen molar-refractivity contribution in [3.8, 4) is 28.5 Å². The third kappa shape index (κ3) is 4.59. The van der Waals surface area contributed by atoms with Gasteiger partial charge in [0.05, 0.1) is 11.6 Å². The summed E-state index contributed by atoms with van der Waals surface area (Å²) in [6.07, 6.45) is 3.77. The highest BCUT2D eigenvalue weighted by Crippen LogP contribution is 2.32. The molecule has 5 aromatic rings. The molecule has 3 heterocycles. The minimum Gasteiger partial charge on any atom is -0.494 e. The zero-order valence-corrected chi connectivity index (χ0v) is 20.5. The van der Waals surface area contributed by atoms with Gasteiger partial charge in [-0.1, -0.05) is 47.9 Å². The Labute approximate surface area is 209 Å². The van der Waals surface area contributed by atoms with Gasteiger partial charge in [0.15, 0.2) is 5.82 Å². The molecule has 0 aliphatic carbocycles. The smallest absolute Gasteiger partial charge is 0.291 e. The SMILES string of the molecule is CCCCOc1ccc(-c2nc3sc(=Cc4ccc(-c5cc(Cl)ccc5Cl)o4)c(=O)n3n2)cc1. The third-order valence-corrected chi connectivity index (χ3v) is 6.68. The summed E-state index contributed by atoms with van der Waals surface area (Å²) in [6, 6.07) is 16.3. The van der Waals surface area contributed by atoms with Gasteiger partial charge < -0.3 is 9.15 Å². The molecule has 5 rings (SSSR count). The van der Waals surface area contributed by atoms with E-state index >= 15 is 0 Å². The topological polar surface area (TPSA) is 69.6 Å². The maximum absolute atomic E-state index is 12.9. The van der Waals surface area contributed by atoms with Gasteiger partial charge in [0.2, 0.25) is 4.96 Å². The molecule has 0 aliphatic heterocycles. The summed E-state index contributed by atoms with van der Waals surface area (Å²) in [7, 11) is 0. The summed E-state index contributed by atoms with van der Waals surface area (Å²) in [5.74, 6) is 2.38. The summed E-state index contributed by atoms with van der Waals surface area (Å²) in [5.41, 5.74) is 1.25. The van der Waals surface area contributed by atoms with Crippen LogP contribution in [-0.2, 0) is 0 Å². The van der Waals surface area contributed by atoms with Gasteiger partial charge in [-0.15, -0.1) is 5.10 Å². The molecule has 0 fully saturated rings. The van der Waals surface area contributed by atoms with Gasteiger partial charge in [0.1, 0.15) is 21.8 Å². The molecule has 0 amide bonds. The van der Waals surface area contributed by atoms with Gasteiger partial charge >= 0.3 is 0 Å². The Hall–Kier alpha value is -3.13. The summed E-state index contributed by atoms with van der Waals surface area (Å²) >= 11 is 13.6. The lowest BCUT2D eigenvalue weighted by Gasteiger charge is -2.05. The molecule has 3 aromatic heterocycles. The number of nitrogens with zero attached hydrogens (tertiary/aromatic N) is 3. The number of hydrogen-bond acceptors (Lipinski definition) is 6. The van der Waals surface area contributed by atoms with Crippen molar-refractivity contribution in [1.82, 2.24) is 14.6 Å². The third-order valence-electron chi connectivity index (χ3n) is 5.15. The lowest BCUT2D eigenvalue weighted by molar-refractivity contribution is 0.309. The van der Waals surface area contributed by atoms with Gasteiger partial charge in [0, 0.05) is 22.2 Å². The van der Waals surface area contributed by atoms with E-state index < -0.39 is 0 Å². The van der Waals surface area contributed by atoms with Crippen LogP contribution in [0.15, 0.2) is 63.8 Å². The van der Waals surface area contributed by atoms with Crippen LogP contribution in [-0.4, -0.2) is 21.2 Å². The van der Waals surface area contributed by atoms with Crippen molar-refractivity contribution in [2.45, 2.75) is 19.8 Å². The van der Waals surface area contributed by atoms with E-state index in [0.717, 1.165) is 24.2 Å². The van der Waals surface area contributed by atoms with Crippen molar-refractivity contribution in [3.63, 3.8) is 0 Å². The quantitative estimate of drug-likeness (QED) is 0.246. The first kappa shape index (κ1) is 22.7. The lowest BCUT2D eigenvalue weighted by Crippen LogP contribution is -2.23. The number of halogens is 2. The molecule has 0 N–H and O–H groups in total. The number of thiazole rings is 1. The molecule has 6 nitrogen and oxygen atoms in total. The molecular weight excluding hydrogens is 493 g/mol. The number of aromatic nitrogens is 3. The molecule has 0 aliphatic rings. The van der Waals surface area contributed by atoms with Crippen LogP contribution in [0.5, 0.6) is 5.75 Å². The van der Waals surface area contributed by atoms with Crippen LogP contribution in [0, 0.1) is 0 Å². The molecule has 9 heteroatoms. The molecule has 0 saturated carbocycles. The van der Waals surface area contributed by atoms with Gasteiger partial charge in [-0.25, -0.2) is 0 Å². The monoisotopic (exact) mass is 511 g/mol. The maximum Gasteiger partial charge on any atom is 0.291 e. The molecule has 172 valence electrons. The van der Waals surface area contributed by atoms with E-state index in [2.05, 4.69) is 17.0 Å². The largest absolute Gasteiger partial charge is 0.494 e. The van der Waals surface area contributed by atoms with Crippen LogP contribution in [0.1, 0.15) is 25.5 Å². The van der Waals surface area contributed by atoms with Crippen molar-refractivity contribution >= 4 is 45.6 Å². The number of rotatable bonds is 7. The van der Waals surface area contributed by atoms with Crippen molar-refractivity contribution in [2.24, 2.45) is 0 Å². The highest BCUT2D eigenvalue weighted by Gasteiger charge is 2.13. The Bertz CT molecular complexity index is 1570. The van der Waals surface area contributed by atoms with Crippen molar-refractivity contribution < 1.29 is 9.15 Å². The average molecular weight is 512 g/mol. The van der Waals surface area contributed by atoms with E-state index in [-0.39, 0.29) is 5.56 Å². The summed E-state index contributed by atoms with van der Waals surface area (Å²) in [4.78, 5) is 17.9. The molecule has 0 unspecified atom stereocenters. The first-order valence-electron chi connectivity index (χ1n) is 10.7. The van der Waals surface area contributed by atoms with Crippen molar-refractivity contribution in [1.29, 1.82) is 0 Å². The predicted octanol–water partition coefficient (Wildman–Crippen LogP) is 6.11. The van der Waals surface area contributed by atoms with Crippen LogP contribution in [0.25, 0.3) is 33.7 Å². The fraction of sp³-hybridized carbons (Fsp3) is 0.160. The highest BCUT2D eigenvalue weighted by molar-refractivity contribution is 7.15. The number of furan rings is 1. The van der Waals surface area contributed by atoms with Crippen LogP contribution in [0.2, 0.25) is 10.0 Å². The molecule has 0 radical (unpaired) electrons. The van der Waals surface area contributed by atoms with Gasteiger partial charge in [-0.3, -0.25) is 4.79 Å². The number of fused-ring (bicyclic) bond motifs is 1. The second kappa shape index (κ2) is 9.62. The van der Waals surface area contributed by atoms with Crippen molar-refractivity contribution in [3.05, 3.63) is 85.3 Å². The summed E-state index contributed by atoms with van der Waals surface area (Å²) in [5, 5.41) is 5.49. The predicted molar refractivity (Wildman–Crippen MR) is 136 cm³/mol. The Balaban J connectivity index is 1.41. The van der Waals surface area contributed by atoms with E-state index in [1.165, 1.54) is 15.9 Å². The number of unbranched alkanes of at least 4 members (excludes halogenated alkanes) is 1. The van der Waals surface area contributed by atoms with Crippen LogP contribution < -0.4 is 14.8 Å². The number of hydrogen-bond donors (Lipinski definition) is 0. The number of benzene rings is 2. The fourth-order valence-electron chi connectivity index (χ4n) is 3.38. The Morgan fingerprint density at radius 3 is 2.71 bits per heavy atom. The molecule has 0 spiro atoms. The first-order valence-corrected chi connectivity index (χ1v) is 12.3. The lowest BCUT2D eigenvalue weighted by atomic mass is 10.2. The van der Waals surface area contributed by atoms with E-state index in [1.54, 1.807) is 36.4 Å². The fourth-order valence-corrected chi connectivity index (χ4v) is 4.65. The van der Waals surface area contributed by atoms with E-state index in [0.29, 0.717) is 49.1 Å². The van der Waals surface area contributed by atoms with Crippen LogP contribution >= 0.6 is 34.5 Å². The zero-order chi connectivity index (χ0) is 23.7. The molecule has 0 bridgehead atoms. The molecule has 0 atom stereocenters. The van der Waals surface area contributed by atoms with E-state index in [1.807, 2.05) is 24.3 Å². The van der Waals surface area contributed by atoms with Crippen LogP contribution in [0.3, 0.4) is 0 Å². The van der Waals surface area contributed by atoms with E-state index in [4.69, 9.17) is 32.4 Å². The maximum atomic E-state index is 12.9. The Morgan fingerprint density at radius 1 is 1.12 bits per heavy atom. The van der Waals surface area contributed by atoms with Gasteiger partial charge in [0.25, 0.3) is 5.56 Å². The molecule has 0 saturated heterocycles. The molecular formula is C25H19Cl2N3O3S. The standard InChI is InChI=1S/C25H19Cl2N3O3S/c1-2-3-12-32-17-7-4-15(5-8-17)23-28-25-30(29-23)24(31)22(34-25)14-18-9-11-21(33-18)19-13-16(26)6-10-20(19)27/h4-11,13-14H,2-3,12H2,1H3. The van der Waals surface area contributed by atoms with Gasteiger partial charge in [-0.2, -0.15) is 9.50 Å². The summed E-state index contributed by atoms with van der Waals surface area (Å²) in [6.45, 7) is 2.81. The second-order valence-electron chi connectivity index (χ2n) is 7.60. The van der Waals surface area contributed by atoms with Gasteiger partial charge in [-0.05, 0) is 61.0 Å². The normalized spacial score (nSPS) is 12.0. The Morgan fingerprint density at radius 2 is 1.94 bits per heavy atom. The van der Waals surface area contributed by atoms with Crippen LogP contribution in [0.4, 0.5) is 0 Å². The number of ether oxygens (including phenoxy) is 1. The highest BCUT2D eigenvalue weighted by atomic mass is 35.5. The minimum atomic E-state index is -0.253. The zero-order valence-electron chi connectivity index (χ0n) is 18.1. The Kier molecular flexibility index (Phi) is 6.41. The second-order valence-corrected chi connectivity index (χ2v) is 9.45. The first-order chi connectivity index (χ1) is 16.5. The summed E-state index contributed by atoms with van der Waals surface area (Å²) < 4.78 is 13.4. The average Bonchev–Trinajstić information content (AvgIpc) is 3.54. The molecule has 34 heavy (non-hydrogen) atoms. The van der Waals surface area contributed by atoms with E-state index in [9.17, 15) is 4.79 Å².